The molecule has 8 heavy (non-hydrogen) atoms. The molecule has 1 atom stereocenters. The van der Waals surface area contributed by atoms with Gasteiger partial charge in [-0.25, -0.2) is 8.78 Å². The summed E-state index contributed by atoms with van der Waals surface area (Å²) in [6.07, 6.45) is -1.93. The summed E-state index contributed by atoms with van der Waals surface area (Å²) < 4.78 is 23.4. The van der Waals surface area contributed by atoms with Gasteiger partial charge in [-0.15, -0.1) is 0 Å². The molecule has 0 aromatic heterocycles. The Bertz CT molecular complexity index is 68.9. The quantitative estimate of drug-likeness (QED) is 0.546. The van der Waals surface area contributed by atoms with Crippen LogP contribution in [-0.2, 0) is 0 Å². The van der Waals surface area contributed by atoms with Crippen LogP contribution in [0.15, 0.2) is 0 Å². The monoisotopic (exact) mass is 126 g/mol. The Morgan fingerprint density at radius 3 is 2.00 bits per heavy atom. The fraction of sp³-hybridized carbons (Fsp3) is 1.00. The van der Waals surface area contributed by atoms with E-state index >= 15 is 0 Å². The molecule has 0 saturated heterocycles. The number of aliphatic hydroxyl groups is 2. The first-order valence-corrected chi connectivity index (χ1v) is 2.15. The van der Waals surface area contributed by atoms with Crippen molar-refractivity contribution in [3.8, 4) is 0 Å². The molecule has 2 nitrogen and oxygen atoms in total. The fourth-order valence-corrected chi connectivity index (χ4v) is 0.160. The van der Waals surface area contributed by atoms with Crippen molar-refractivity contribution in [1.29, 1.82) is 0 Å². The van der Waals surface area contributed by atoms with Gasteiger partial charge in [0.25, 0.3) is 5.92 Å². The van der Waals surface area contributed by atoms with Crippen molar-refractivity contribution >= 4 is 0 Å². The van der Waals surface area contributed by atoms with Crippen molar-refractivity contribution in [2.24, 2.45) is 0 Å². The molecule has 0 aliphatic carbocycles. The smallest absolute Gasteiger partial charge is 0.272 e. The second kappa shape index (κ2) is 2.37. The van der Waals surface area contributed by atoms with Gasteiger partial charge in [0.05, 0.1) is 6.61 Å². The standard InChI is InChI=1S/C4H8F2O2/c1-4(5,6)3(8)2-7/h3,7-8H,2H2,1H3/t3-/m1/s1. The second-order valence-electron chi connectivity index (χ2n) is 1.65. The lowest BCUT2D eigenvalue weighted by atomic mass is 10.2. The molecule has 0 aliphatic heterocycles. The minimum Gasteiger partial charge on any atom is -0.393 e. The summed E-state index contributed by atoms with van der Waals surface area (Å²) in [4.78, 5) is 0. The molecule has 0 radical (unpaired) electrons. The lowest BCUT2D eigenvalue weighted by Gasteiger charge is -2.14. The molecule has 0 spiro atoms. The molecule has 0 amide bonds. The van der Waals surface area contributed by atoms with Crippen molar-refractivity contribution in [3.05, 3.63) is 0 Å². The maximum absolute atomic E-state index is 11.7. The Morgan fingerprint density at radius 1 is 1.62 bits per heavy atom. The average Bonchev–Trinajstić information content (AvgIpc) is 1.62. The number of hydrogen-bond donors (Lipinski definition) is 2. The highest BCUT2D eigenvalue weighted by Crippen LogP contribution is 2.15. The van der Waals surface area contributed by atoms with E-state index in [0.29, 0.717) is 6.92 Å². The Balaban J connectivity index is 3.62. The van der Waals surface area contributed by atoms with Crippen LogP contribution < -0.4 is 0 Å². The average molecular weight is 126 g/mol. The van der Waals surface area contributed by atoms with E-state index in [2.05, 4.69) is 0 Å². The van der Waals surface area contributed by atoms with Crippen molar-refractivity contribution in [2.45, 2.75) is 19.0 Å². The number of rotatable bonds is 2. The summed E-state index contributed by atoms with van der Waals surface area (Å²) in [5.41, 5.74) is 0. The summed E-state index contributed by atoms with van der Waals surface area (Å²) in [5, 5.41) is 16.1. The zero-order valence-corrected chi connectivity index (χ0v) is 4.43. The molecule has 0 heterocycles. The molecular formula is C4H8F2O2. The zero-order valence-electron chi connectivity index (χ0n) is 4.43. The number of hydrogen-bond acceptors (Lipinski definition) is 2. The Labute approximate surface area is 45.8 Å². The van der Waals surface area contributed by atoms with E-state index in [0.717, 1.165) is 0 Å². The highest BCUT2D eigenvalue weighted by molar-refractivity contribution is 4.68. The summed E-state index contributed by atoms with van der Waals surface area (Å²) in [7, 11) is 0. The van der Waals surface area contributed by atoms with Gasteiger partial charge in [0.2, 0.25) is 0 Å². The predicted molar refractivity (Wildman–Crippen MR) is 23.7 cm³/mol. The van der Waals surface area contributed by atoms with Gasteiger partial charge in [-0.2, -0.15) is 0 Å². The highest BCUT2D eigenvalue weighted by atomic mass is 19.3. The van der Waals surface area contributed by atoms with Crippen LogP contribution in [0, 0.1) is 0 Å². The molecule has 0 aliphatic rings. The van der Waals surface area contributed by atoms with E-state index in [1.54, 1.807) is 0 Å². The molecule has 0 aromatic carbocycles. The van der Waals surface area contributed by atoms with E-state index in [4.69, 9.17) is 10.2 Å². The Hall–Kier alpha value is -0.220. The summed E-state index contributed by atoms with van der Waals surface area (Å²) in [6.45, 7) is -0.350. The highest BCUT2D eigenvalue weighted by Gasteiger charge is 2.31. The van der Waals surface area contributed by atoms with Gasteiger partial charge in [0.1, 0.15) is 6.10 Å². The van der Waals surface area contributed by atoms with Crippen LogP contribution in [0.1, 0.15) is 6.92 Å². The molecule has 0 fully saturated rings. The van der Waals surface area contributed by atoms with Gasteiger partial charge in [-0.05, 0) is 0 Å². The van der Waals surface area contributed by atoms with Gasteiger partial charge in [-0.3, -0.25) is 0 Å². The lowest BCUT2D eigenvalue weighted by Crippen LogP contribution is -2.32. The first-order valence-electron chi connectivity index (χ1n) is 2.15. The van der Waals surface area contributed by atoms with E-state index < -0.39 is 18.6 Å². The molecular weight excluding hydrogens is 118 g/mol. The van der Waals surface area contributed by atoms with Gasteiger partial charge in [0.15, 0.2) is 0 Å². The molecule has 0 saturated carbocycles. The molecule has 4 heteroatoms. The summed E-state index contributed by atoms with van der Waals surface area (Å²) >= 11 is 0. The molecule has 2 N–H and O–H groups in total. The van der Waals surface area contributed by atoms with Gasteiger partial charge < -0.3 is 10.2 Å². The van der Waals surface area contributed by atoms with Crippen LogP contribution in [0.3, 0.4) is 0 Å². The third-order valence-electron chi connectivity index (χ3n) is 0.758. The molecule has 0 rings (SSSR count). The molecule has 0 bridgehead atoms. The summed E-state index contributed by atoms with van der Waals surface area (Å²) in [5.74, 6) is -3.19. The van der Waals surface area contributed by atoms with Gasteiger partial charge in [0, 0.05) is 6.92 Å². The van der Waals surface area contributed by atoms with Crippen LogP contribution in [0.4, 0.5) is 8.78 Å². The van der Waals surface area contributed by atoms with E-state index in [1.807, 2.05) is 0 Å². The molecule has 0 unspecified atom stereocenters. The fourth-order valence-electron chi connectivity index (χ4n) is 0.160. The topological polar surface area (TPSA) is 40.5 Å². The Kier molecular flexibility index (Phi) is 2.30. The first kappa shape index (κ1) is 7.78. The van der Waals surface area contributed by atoms with Crippen molar-refractivity contribution < 1.29 is 19.0 Å². The van der Waals surface area contributed by atoms with Crippen LogP contribution in [0.2, 0.25) is 0 Å². The SMILES string of the molecule is CC(F)(F)[C@H](O)CO. The third-order valence-corrected chi connectivity index (χ3v) is 0.758. The maximum atomic E-state index is 11.7. The minimum absolute atomic E-state index is 0.549. The third kappa shape index (κ3) is 2.18. The largest absolute Gasteiger partial charge is 0.393 e. The zero-order chi connectivity index (χ0) is 6.78. The van der Waals surface area contributed by atoms with E-state index in [9.17, 15) is 8.78 Å². The second-order valence-corrected chi connectivity index (χ2v) is 1.65. The number of halogens is 2. The Morgan fingerprint density at radius 2 is 2.00 bits per heavy atom. The van der Waals surface area contributed by atoms with Crippen molar-refractivity contribution in [2.75, 3.05) is 6.61 Å². The molecule has 50 valence electrons. The van der Waals surface area contributed by atoms with Gasteiger partial charge in [-0.1, -0.05) is 0 Å². The van der Waals surface area contributed by atoms with E-state index in [1.165, 1.54) is 0 Å². The lowest BCUT2D eigenvalue weighted by molar-refractivity contribution is -0.111. The van der Waals surface area contributed by atoms with E-state index in [-0.39, 0.29) is 0 Å². The summed E-state index contributed by atoms with van der Waals surface area (Å²) in [6, 6.07) is 0. The minimum atomic E-state index is -3.19. The first-order chi connectivity index (χ1) is 3.48. The van der Waals surface area contributed by atoms with Crippen molar-refractivity contribution in [3.63, 3.8) is 0 Å². The predicted octanol–water partition coefficient (Wildman–Crippen LogP) is -0.00520. The number of aliphatic hydroxyl groups excluding tert-OH is 2. The van der Waals surface area contributed by atoms with Crippen LogP contribution in [0.25, 0.3) is 0 Å². The maximum Gasteiger partial charge on any atom is 0.272 e. The molecule has 0 aromatic rings. The number of alkyl halides is 2. The normalized spacial score (nSPS) is 16.1. The van der Waals surface area contributed by atoms with Crippen LogP contribution in [-0.4, -0.2) is 28.8 Å². The van der Waals surface area contributed by atoms with Crippen molar-refractivity contribution in [1.82, 2.24) is 0 Å². The van der Waals surface area contributed by atoms with Gasteiger partial charge >= 0.3 is 0 Å². The van der Waals surface area contributed by atoms with Crippen LogP contribution in [0.5, 0.6) is 0 Å². The van der Waals surface area contributed by atoms with Crippen LogP contribution >= 0.6 is 0 Å².